The zero-order chi connectivity index (χ0) is 29.1. The van der Waals surface area contributed by atoms with Crippen molar-refractivity contribution in [2.75, 3.05) is 21.3 Å². The van der Waals surface area contributed by atoms with Gasteiger partial charge >= 0.3 is 11.9 Å². The van der Waals surface area contributed by atoms with Crippen LogP contribution in [0.15, 0.2) is 34.2 Å². The standard InChI is InChI=1S/C29H40O10/c1-15-17(11-21(31)35-6)27(4,23(37-8)16-9-10-38-14-16)24(33)29(15)25(34)28(5)18(12-22(32)36-7)26(2,3)19(30)13-20(28)39-29/h9-10,14,18-20,23-24,30,33H,11-13H2,1-8H3/t18-,19+,20-,23+,24-,27+,28+,29-/m0/s1. The SMILES string of the molecule is COC(=O)CC1=C(C)[C@]2(O[C@H]3C[C@@H](O)C(C)(C)[C@H](CC(=O)OC)[C@@]3(C)C2=O)[C@@H](O)[C@@]1(C)[C@H](OC)c1ccoc1. The number of aliphatic hydroxyl groups is 2. The van der Waals surface area contributed by atoms with Crippen molar-refractivity contribution in [3.8, 4) is 0 Å². The Morgan fingerprint density at radius 1 is 1.10 bits per heavy atom. The molecule has 216 valence electrons. The molecule has 0 bridgehead atoms. The van der Waals surface area contributed by atoms with E-state index in [0.717, 1.165) is 0 Å². The average molecular weight is 549 g/mol. The van der Waals surface area contributed by atoms with Crippen LogP contribution in [0.4, 0.5) is 0 Å². The van der Waals surface area contributed by atoms with Crippen molar-refractivity contribution < 1.29 is 48.0 Å². The van der Waals surface area contributed by atoms with Crippen LogP contribution in [0.1, 0.15) is 65.5 Å². The zero-order valence-corrected chi connectivity index (χ0v) is 23.9. The predicted octanol–water partition coefficient (Wildman–Crippen LogP) is 2.91. The van der Waals surface area contributed by atoms with E-state index in [1.54, 1.807) is 26.8 Å². The van der Waals surface area contributed by atoms with Crippen LogP contribution < -0.4 is 0 Å². The van der Waals surface area contributed by atoms with Gasteiger partial charge < -0.3 is 33.6 Å². The van der Waals surface area contributed by atoms with Gasteiger partial charge in [0.2, 0.25) is 0 Å². The van der Waals surface area contributed by atoms with Gasteiger partial charge in [-0.15, -0.1) is 0 Å². The van der Waals surface area contributed by atoms with E-state index in [1.165, 1.54) is 33.9 Å². The molecule has 2 N–H and O–H groups in total. The van der Waals surface area contributed by atoms with Crippen LogP contribution in [0.3, 0.4) is 0 Å². The Morgan fingerprint density at radius 2 is 1.74 bits per heavy atom. The van der Waals surface area contributed by atoms with Gasteiger partial charge in [0.05, 0.1) is 56.9 Å². The van der Waals surface area contributed by atoms with Gasteiger partial charge in [0.1, 0.15) is 6.10 Å². The molecule has 1 saturated heterocycles. The van der Waals surface area contributed by atoms with Crippen LogP contribution >= 0.6 is 0 Å². The molecule has 0 aromatic carbocycles. The van der Waals surface area contributed by atoms with Crippen molar-refractivity contribution in [2.45, 2.75) is 83.9 Å². The van der Waals surface area contributed by atoms with E-state index in [9.17, 15) is 24.6 Å². The van der Waals surface area contributed by atoms with Gasteiger partial charge in [-0.1, -0.05) is 20.8 Å². The highest BCUT2D eigenvalue weighted by atomic mass is 16.5. The Bertz CT molecular complexity index is 1170. The van der Waals surface area contributed by atoms with Crippen molar-refractivity contribution in [2.24, 2.45) is 22.2 Å². The Balaban J connectivity index is 1.93. The molecule has 2 aliphatic carbocycles. The maximum absolute atomic E-state index is 14.8. The normalized spacial score (nSPS) is 38.2. The van der Waals surface area contributed by atoms with E-state index in [4.69, 9.17) is 23.4 Å². The highest BCUT2D eigenvalue weighted by Gasteiger charge is 2.76. The molecule has 8 atom stereocenters. The molecule has 0 amide bonds. The fraction of sp³-hybridized carbons (Fsp3) is 0.690. The summed E-state index contributed by atoms with van der Waals surface area (Å²) in [4.78, 5) is 40.0. The molecule has 1 aliphatic heterocycles. The number of hydrogen-bond donors (Lipinski definition) is 2. The molecule has 1 aromatic heterocycles. The van der Waals surface area contributed by atoms with Crippen molar-refractivity contribution in [3.05, 3.63) is 35.3 Å². The lowest BCUT2D eigenvalue weighted by Crippen LogP contribution is -2.59. The van der Waals surface area contributed by atoms with Crippen LogP contribution in [0, 0.1) is 22.2 Å². The summed E-state index contributed by atoms with van der Waals surface area (Å²) in [6, 6.07) is 1.70. The molecule has 10 nitrogen and oxygen atoms in total. The van der Waals surface area contributed by atoms with Crippen LogP contribution in [0.5, 0.6) is 0 Å². The molecule has 1 saturated carbocycles. The van der Waals surface area contributed by atoms with Crippen molar-refractivity contribution in [1.82, 2.24) is 0 Å². The minimum Gasteiger partial charge on any atom is -0.472 e. The van der Waals surface area contributed by atoms with Crippen LogP contribution in [-0.4, -0.2) is 73.2 Å². The Kier molecular flexibility index (Phi) is 7.43. The Hall–Kier alpha value is -2.53. The lowest BCUT2D eigenvalue weighted by atomic mass is 9.51. The number of rotatable bonds is 7. The molecule has 10 heteroatoms. The molecule has 2 heterocycles. The number of ether oxygens (including phenoxy) is 4. The number of ketones is 1. The highest BCUT2D eigenvalue weighted by Crippen LogP contribution is 2.67. The summed E-state index contributed by atoms with van der Waals surface area (Å²) in [5.74, 6) is -2.10. The minimum atomic E-state index is -1.84. The van der Waals surface area contributed by atoms with Gasteiger partial charge in [0.25, 0.3) is 0 Å². The number of fused-ring (bicyclic) bond motifs is 1. The van der Waals surface area contributed by atoms with Crippen LogP contribution in [0.2, 0.25) is 0 Å². The number of esters is 2. The summed E-state index contributed by atoms with van der Waals surface area (Å²) in [5, 5.41) is 23.4. The summed E-state index contributed by atoms with van der Waals surface area (Å²) in [6.07, 6.45) is -1.17. The highest BCUT2D eigenvalue weighted by molar-refractivity contribution is 6.00. The maximum Gasteiger partial charge on any atom is 0.309 e. The third kappa shape index (κ3) is 3.86. The minimum absolute atomic E-state index is 0.112. The smallest absolute Gasteiger partial charge is 0.309 e. The number of carbonyl (C=O) groups excluding carboxylic acids is 3. The third-order valence-corrected chi connectivity index (χ3v) is 10.1. The summed E-state index contributed by atoms with van der Waals surface area (Å²) >= 11 is 0. The fourth-order valence-corrected chi connectivity index (χ4v) is 7.72. The van der Waals surface area contributed by atoms with E-state index in [2.05, 4.69) is 0 Å². The molecule has 3 aliphatic rings. The third-order valence-electron chi connectivity index (χ3n) is 10.1. The lowest BCUT2D eigenvalue weighted by Gasteiger charge is -2.52. The largest absolute Gasteiger partial charge is 0.472 e. The Labute approximate surface area is 228 Å². The molecule has 4 rings (SSSR count). The fourth-order valence-electron chi connectivity index (χ4n) is 7.72. The van der Waals surface area contributed by atoms with Gasteiger partial charge in [-0.2, -0.15) is 0 Å². The van der Waals surface area contributed by atoms with Gasteiger partial charge in [-0.3, -0.25) is 14.4 Å². The first-order chi connectivity index (χ1) is 18.2. The van der Waals surface area contributed by atoms with Gasteiger partial charge in [-0.25, -0.2) is 0 Å². The number of hydrogen-bond acceptors (Lipinski definition) is 10. The molecular formula is C29H40O10. The van der Waals surface area contributed by atoms with E-state index in [1.807, 2.05) is 13.8 Å². The molecule has 39 heavy (non-hydrogen) atoms. The first kappa shape index (κ1) is 29.5. The summed E-state index contributed by atoms with van der Waals surface area (Å²) < 4.78 is 27.7. The molecule has 0 unspecified atom stereocenters. The van der Waals surface area contributed by atoms with Crippen LogP contribution in [0.25, 0.3) is 0 Å². The predicted molar refractivity (Wildman–Crippen MR) is 137 cm³/mol. The molecule has 2 fully saturated rings. The molecule has 0 radical (unpaired) electrons. The monoisotopic (exact) mass is 548 g/mol. The van der Waals surface area contributed by atoms with Crippen molar-refractivity contribution in [3.63, 3.8) is 0 Å². The zero-order valence-electron chi connectivity index (χ0n) is 23.9. The maximum atomic E-state index is 14.8. The second-order valence-electron chi connectivity index (χ2n) is 12.1. The number of furan rings is 1. The lowest BCUT2D eigenvalue weighted by molar-refractivity contribution is -0.177. The first-order valence-electron chi connectivity index (χ1n) is 13.2. The molecular weight excluding hydrogens is 508 g/mol. The van der Waals surface area contributed by atoms with Gasteiger partial charge in [0, 0.05) is 30.9 Å². The Morgan fingerprint density at radius 3 is 2.28 bits per heavy atom. The van der Waals surface area contributed by atoms with Crippen molar-refractivity contribution >= 4 is 17.7 Å². The van der Waals surface area contributed by atoms with E-state index >= 15 is 0 Å². The van der Waals surface area contributed by atoms with E-state index in [-0.39, 0.29) is 19.3 Å². The number of methoxy groups -OCH3 is 3. The number of aliphatic hydroxyl groups excluding tert-OH is 2. The summed E-state index contributed by atoms with van der Waals surface area (Å²) in [7, 11) is 4.03. The number of carbonyl (C=O) groups is 3. The average Bonchev–Trinajstić information content (AvgIpc) is 3.54. The van der Waals surface area contributed by atoms with E-state index in [0.29, 0.717) is 16.7 Å². The van der Waals surface area contributed by atoms with Gasteiger partial charge in [0.15, 0.2) is 11.4 Å². The van der Waals surface area contributed by atoms with Gasteiger partial charge in [-0.05, 0) is 42.4 Å². The second kappa shape index (κ2) is 9.83. The molecule has 1 aromatic rings. The first-order valence-corrected chi connectivity index (χ1v) is 13.2. The quantitative estimate of drug-likeness (QED) is 0.386. The van der Waals surface area contributed by atoms with Crippen molar-refractivity contribution in [1.29, 1.82) is 0 Å². The molecule has 1 spiro atoms. The second-order valence-corrected chi connectivity index (χ2v) is 12.1. The summed E-state index contributed by atoms with van der Waals surface area (Å²) in [6.45, 7) is 8.82. The number of Topliss-reactive ketones (excluding diaryl/α,β-unsaturated/α-hetero) is 1. The van der Waals surface area contributed by atoms with Crippen LogP contribution in [-0.2, 0) is 33.3 Å². The topological polar surface area (TPSA) is 142 Å². The van der Waals surface area contributed by atoms with E-state index < -0.39 is 69.9 Å². The summed E-state index contributed by atoms with van der Waals surface area (Å²) in [5.41, 5.74) is -3.75.